The van der Waals surface area contributed by atoms with Crippen molar-refractivity contribution in [3.8, 4) is 5.88 Å². The van der Waals surface area contributed by atoms with E-state index in [1.54, 1.807) is 12.1 Å². The van der Waals surface area contributed by atoms with Gasteiger partial charge in [0.1, 0.15) is 0 Å². The van der Waals surface area contributed by atoms with Crippen molar-refractivity contribution >= 4 is 5.69 Å². The third kappa shape index (κ3) is 4.86. The smallest absolute Gasteiger partial charge is 0.390 e. The Kier molecular flexibility index (Phi) is 4.39. The summed E-state index contributed by atoms with van der Waals surface area (Å²) >= 11 is 0. The van der Waals surface area contributed by atoms with Crippen LogP contribution in [-0.4, -0.2) is 24.3 Å². The second-order valence-electron chi connectivity index (χ2n) is 3.11. The van der Waals surface area contributed by atoms with Crippen molar-refractivity contribution in [3.63, 3.8) is 0 Å². The molecule has 0 amide bonds. The predicted octanol–water partition coefficient (Wildman–Crippen LogP) is 2.84. The molecule has 0 aliphatic heterocycles. The lowest BCUT2D eigenvalue weighted by molar-refractivity contribution is -0.131. The van der Waals surface area contributed by atoms with Crippen molar-refractivity contribution in [1.29, 1.82) is 0 Å². The molecule has 0 aliphatic carbocycles. The van der Waals surface area contributed by atoms with Gasteiger partial charge in [-0.15, -0.1) is 0 Å². The predicted molar refractivity (Wildman–Crippen MR) is 54.6 cm³/mol. The van der Waals surface area contributed by atoms with Crippen LogP contribution in [0.25, 0.3) is 0 Å². The van der Waals surface area contributed by atoms with E-state index >= 15 is 0 Å². The zero-order chi connectivity index (χ0) is 12.0. The molecule has 1 aromatic heterocycles. The fraction of sp³-hybridized carbons (Fsp3) is 0.500. The summed E-state index contributed by atoms with van der Waals surface area (Å²) in [4.78, 5) is 3.92. The first-order valence-electron chi connectivity index (χ1n) is 4.91. The highest BCUT2D eigenvalue weighted by Crippen LogP contribution is 2.19. The van der Waals surface area contributed by atoms with Crippen LogP contribution >= 0.6 is 0 Å². The molecular weight excluding hydrogens is 221 g/mol. The molecule has 0 saturated heterocycles. The summed E-state index contributed by atoms with van der Waals surface area (Å²) in [6.07, 6.45) is -3.55. The van der Waals surface area contributed by atoms with Crippen molar-refractivity contribution in [3.05, 3.63) is 18.3 Å². The Morgan fingerprint density at radius 3 is 2.62 bits per heavy atom. The average Bonchev–Trinajstić information content (AvgIpc) is 2.19. The molecule has 1 N–H and O–H groups in total. The van der Waals surface area contributed by atoms with Gasteiger partial charge in [0.25, 0.3) is 0 Å². The van der Waals surface area contributed by atoms with Gasteiger partial charge in [0.15, 0.2) is 0 Å². The first-order chi connectivity index (χ1) is 7.51. The highest BCUT2D eigenvalue weighted by atomic mass is 19.4. The summed E-state index contributed by atoms with van der Waals surface area (Å²) in [6.45, 7) is 2.18. The molecule has 3 nitrogen and oxygen atoms in total. The zero-order valence-electron chi connectivity index (χ0n) is 8.84. The van der Waals surface area contributed by atoms with Gasteiger partial charge >= 0.3 is 6.18 Å². The van der Waals surface area contributed by atoms with E-state index in [4.69, 9.17) is 4.74 Å². The number of aromatic nitrogens is 1. The van der Waals surface area contributed by atoms with Gasteiger partial charge in [0.2, 0.25) is 5.88 Å². The number of hydrogen-bond acceptors (Lipinski definition) is 3. The van der Waals surface area contributed by atoms with Gasteiger partial charge in [0.05, 0.1) is 24.9 Å². The quantitative estimate of drug-likeness (QED) is 0.850. The largest absolute Gasteiger partial charge is 0.478 e. The van der Waals surface area contributed by atoms with Gasteiger partial charge in [-0.05, 0) is 13.0 Å². The van der Waals surface area contributed by atoms with Crippen molar-refractivity contribution in [1.82, 2.24) is 4.98 Å². The molecule has 0 atom stereocenters. The maximum absolute atomic E-state index is 11.8. The van der Waals surface area contributed by atoms with E-state index in [9.17, 15) is 13.2 Å². The number of nitrogens with zero attached hydrogens (tertiary/aromatic N) is 1. The van der Waals surface area contributed by atoms with Crippen LogP contribution in [0.15, 0.2) is 18.3 Å². The molecule has 1 aromatic rings. The molecule has 0 aromatic carbocycles. The van der Waals surface area contributed by atoms with Crippen LogP contribution in [0, 0.1) is 0 Å². The van der Waals surface area contributed by atoms with Crippen LogP contribution in [0.5, 0.6) is 5.88 Å². The van der Waals surface area contributed by atoms with Crippen LogP contribution in [0.2, 0.25) is 0 Å². The van der Waals surface area contributed by atoms with Crippen molar-refractivity contribution in [2.75, 3.05) is 18.5 Å². The summed E-state index contributed by atoms with van der Waals surface area (Å²) < 4.78 is 40.6. The molecule has 0 radical (unpaired) electrons. The Bertz CT molecular complexity index is 311. The molecule has 0 bridgehead atoms. The van der Waals surface area contributed by atoms with Crippen LogP contribution in [0.4, 0.5) is 18.9 Å². The highest BCUT2D eigenvalue weighted by molar-refractivity contribution is 5.41. The van der Waals surface area contributed by atoms with Crippen LogP contribution in [0.3, 0.4) is 0 Å². The van der Waals surface area contributed by atoms with E-state index in [1.165, 1.54) is 6.20 Å². The number of nitrogens with one attached hydrogen (secondary N) is 1. The minimum absolute atomic E-state index is 0.154. The number of anilines is 1. The van der Waals surface area contributed by atoms with Crippen molar-refractivity contribution in [2.24, 2.45) is 0 Å². The van der Waals surface area contributed by atoms with Crippen LogP contribution in [-0.2, 0) is 0 Å². The first-order valence-corrected chi connectivity index (χ1v) is 4.91. The van der Waals surface area contributed by atoms with Gasteiger partial charge in [-0.3, -0.25) is 0 Å². The summed E-state index contributed by atoms with van der Waals surface area (Å²) in [5.74, 6) is 0.462. The minimum atomic E-state index is -4.13. The van der Waals surface area contributed by atoms with Crippen LogP contribution < -0.4 is 10.1 Å². The second-order valence-corrected chi connectivity index (χ2v) is 3.11. The normalized spacial score (nSPS) is 11.2. The molecule has 1 rings (SSSR count). The third-order valence-electron chi connectivity index (χ3n) is 1.77. The fourth-order valence-corrected chi connectivity index (χ4v) is 1.07. The maximum Gasteiger partial charge on any atom is 0.390 e. The zero-order valence-corrected chi connectivity index (χ0v) is 8.84. The average molecular weight is 234 g/mol. The standard InChI is InChI=1S/C10H13F3N2O/c1-2-16-9-4-3-8(7-15-9)14-6-5-10(11,12)13/h3-4,7,14H,2,5-6H2,1H3. The SMILES string of the molecule is CCOc1ccc(NCCC(F)(F)F)cn1. The molecule has 6 heteroatoms. The van der Waals surface area contributed by atoms with Crippen molar-refractivity contribution < 1.29 is 17.9 Å². The van der Waals surface area contributed by atoms with E-state index < -0.39 is 12.6 Å². The third-order valence-corrected chi connectivity index (χ3v) is 1.77. The van der Waals surface area contributed by atoms with Gasteiger partial charge in [-0.1, -0.05) is 0 Å². The van der Waals surface area contributed by atoms with Crippen LogP contribution in [0.1, 0.15) is 13.3 Å². The van der Waals surface area contributed by atoms with Gasteiger partial charge < -0.3 is 10.1 Å². The van der Waals surface area contributed by atoms with Gasteiger partial charge in [0, 0.05) is 12.6 Å². The molecule has 0 aliphatic rings. The lowest BCUT2D eigenvalue weighted by atomic mass is 10.3. The molecule has 1 heterocycles. The second kappa shape index (κ2) is 5.58. The van der Waals surface area contributed by atoms with E-state index in [0.717, 1.165) is 0 Å². The number of halogens is 3. The number of rotatable bonds is 5. The Hall–Kier alpha value is -1.46. The molecule has 0 unspecified atom stereocenters. The Balaban J connectivity index is 2.37. The van der Waals surface area contributed by atoms with E-state index in [0.29, 0.717) is 18.2 Å². The first kappa shape index (κ1) is 12.6. The Morgan fingerprint density at radius 1 is 1.38 bits per heavy atom. The Morgan fingerprint density at radius 2 is 2.12 bits per heavy atom. The lowest BCUT2D eigenvalue weighted by Crippen LogP contribution is -2.14. The summed E-state index contributed by atoms with van der Waals surface area (Å²) in [5, 5.41) is 2.63. The van der Waals surface area contributed by atoms with E-state index in [1.807, 2.05) is 6.92 Å². The number of ether oxygens (including phenoxy) is 1. The Labute approximate surface area is 91.6 Å². The van der Waals surface area contributed by atoms with Gasteiger partial charge in [-0.2, -0.15) is 13.2 Å². The topological polar surface area (TPSA) is 34.1 Å². The fourth-order valence-electron chi connectivity index (χ4n) is 1.07. The van der Waals surface area contributed by atoms with E-state index in [2.05, 4.69) is 10.3 Å². The van der Waals surface area contributed by atoms with E-state index in [-0.39, 0.29) is 6.54 Å². The molecular formula is C10H13F3N2O. The highest BCUT2D eigenvalue weighted by Gasteiger charge is 2.25. The monoisotopic (exact) mass is 234 g/mol. The minimum Gasteiger partial charge on any atom is -0.478 e. The molecule has 90 valence electrons. The maximum atomic E-state index is 11.8. The number of hydrogen-bond donors (Lipinski definition) is 1. The summed E-state index contributed by atoms with van der Waals surface area (Å²) in [7, 11) is 0. The number of pyridine rings is 1. The lowest BCUT2D eigenvalue weighted by Gasteiger charge is -2.09. The summed E-state index contributed by atoms with van der Waals surface area (Å²) in [6, 6.07) is 3.24. The summed E-state index contributed by atoms with van der Waals surface area (Å²) in [5.41, 5.74) is 0.549. The molecule has 0 fully saturated rings. The van der Waals surface area contributed by atoms with Crippen molar-refractivity contribution in [2.45, 2.75) is 19.5 Å². The number of alkyl halides is 3. The van der Waals surface area contributed by atoms with Gasteiger partial charge in [-0.25, -0.2) is 4.98 Å². The molecule has 16 heavy (non-hydrogen) atoms. The molecule has 0 saturated carbocycles. The molecule has 0 spiro atoms.